The molecule has 24 heavy (non-hydrogen) atoms. The lowest BCUT2D eigenvalue weighted by atomic mass is 10.2. The molecule has 1 aromatic carbocycles. The summed E-state index contributed by atoms with van der Waals surface area (Å²) in [5, 5.41) is 3.08. The minimum atomic E-state index is -0.0629. The van der Waals surface area contributed by atoms with Gasteiger partial charge in [0.2, 0.25) is 0 Å². The van der Waals surface area contributed by atoms with E-state index in [2.05, 4.69) is 53.3 Å². The van der Waals surface area contributed by atoms with Crippen LogP contribution >= 0.6 is 0 Å². The molecule has 0 radical (unpaired) electrons. The lowest BCUT2D eigenvalue weighted by Gasteiger charge is -2.23. The molecule has 1 N–H and O–H groups in total. The van der Waals surface area contributed by atoms with Crippen LogP contribution in [0, 0.1) is 6.92 Å². The van der Waals surface area contributed by atoms with Crippen LogP contribution in [0.25, 0.3) is 0 Å². The van der Waals surface area contributed by atoms with Gasteiger partial charge in [-0.1, -0.05) is 25.0 Å². The van der Waals surface area contributed by atoms with Crippen LogP contribution in [-0.2, 0) is 0 Å². The molecular weight excluding hydrogens is 298 g/mol. The Hall–Kier alpha value is -2.36. The number of hydrogen-bond donors (Lipinski definition) is 1. The van der Waals surface area contributed by atoms with Gasteiger partial charge in [0, 0.05) is 18.3 Å². The number of carbonyl (C=O) groups excluding carboxylic acids is 1. The summed E-state index contributed by atoms with van der Waals surface area (Å²) >= 11 is 0. The Balaban J connectivity index is 1.73. The molecule has 0 aliphatic heterocycles. The van der Waals surface area contributed by atoms with Crippen LogP contribution in [0.1, 0.15) is 48.7 Å². The van der Waals surface area contributed by atoms with Crippen molar-refractivity contribution in [2.75, 3.05) is 11.4 Å². The highest BCUT2D eigenvalue weighted by molar-refractivity contribution is 5.92. The third-order valence-electron chi connectivity index (χ3n) is 4.61. The first-order chi connectivity index (χ1) is 11.7. The largest absolute Gasteiger partial charge is 0.348 e. The molecule has 1 aliphatic carbocycles. The maximum Gasteiger partial charge on any atom is 0.270 e. The van der Waals surface area contributed by atoms with Crippen molar-refractivity contribution < 1.29 is 4.79 Å². The highest BCUT2D eigenvalue weighted by atomic mass is 16.1. The number of benzene rings is 1. The molecule has 1 amide bonds. The minimum Gasteiger partial charge on any atom is -0.348 e. The average molecular weight is 323 g/mol. The van der Waals surface area contributed by atoms with E-state index in [9.17, 15) is 4.79 Å². The summed E-state index contributed by atoms with van der Waals surface area (Å²) in [7, 11) is 0. The summed E-state index contributed by atoms with van der Waals surface area (Å²) in [5.41, 5.74) is 3.86. The summed E-state index contributed by atoms with van der Waals surface area (Å²) in [4.78, 5) is 18.9. The van der Waals surface area contributed by atoms with Crippen LogP contribution in [0.5, 0.6) is 0 Å². The molecule has 0 bridgehead atoms. The van der Waals surface area contributed by atoms with Crippen molar-refractivity contribution in [1.82, 2.24) is 10.3 Å². The molecule has 1 saturated carbocycles. The Morgan fingerprint density at radius 2 is 2.00 bits per heavy atom. The number of aryl methyl sites for hydroxylation is 1. The molecule has 1 aromatic heterocycles. The Labute approximate surface area is 143 Å². The van der Waals surface area contributed by atoms with Crippen molar-refractivity contribution in [3.8, 4) is 0 Å². The zero-order valence-corrected chi connectivity index (χ0v) is 14.5. The molecule has 1 heterocycles. The zero-order chi connectivity index (χ0) is 16.9. The van der Waals surface area contributed by atoms with E-state index in [1.54, 1.807) is 6.20 Å². The summed E-state index contributed by atoms with van der Waals surface area (Å²) in [6, 6.07) is 12.5. The van der Waals surface area contributed by atoms with Crippen LogP contribution in [0.2, 0.25) is 0 Å². The molecule has 1 aliphatic rings. The van der Waals surface area contributed by atoms with E-state index < -0.39 is 0 Å². The van der Waals surface area contributed by atoms with Crippen LogP contribution in [-0.4, -0.2) is 23.5 Å². The number of hydrogen-bond acceptors (Lipinski definition) is 3. The maximum atomic E-state index is 12.3. The minimum absolute atomic E-state index is 0.0629. The molecule has 0 spiro atoms. The second-order valence-electron chi connectivity index (χ2n) is 6.44. The lowest BCUT2D eigenvalue weighted by Crippen LogP contribution is -2.33. The van der Waals surface area contributed by atoms with Gasteiger partial charge >= 0.3 is 0 Å². The quantitative estimate of drug-likeness (QED) is 0.896. The molecule has 4 nitrogen and oxygen atoms in total. The van der Waals surface area contributed by atoms with E-state index in [-0.39, 0.29) is 5.91 Å². The average Bonchev–Trinajstić information content (AvgIpc) is 3.09. The van der Waals surface area contributed by atoms with Gasteiger partial charge in [-0.15, -0.1) is 0 Å². The highest BCUT2D eigenvalue weighted by Gasteiger charge is 2.18. The molecule has 0 saturated heterocycles. The SMILES string of the molecule is CCN(c1ccc(C(=O)NC2CCCC2)nc1)c1cccc(C)c1. The predicted molar refractivity (Wildman–Crippen MR) is 97.8 cm³/mol. The van der Waals surface area contributed by atoms with Crippen LogP contribution < -0.4 is 10.2 Å². The van der Waals surface area contributed by atoms with E-state index in [4.69, 9.17) is 0 Å². The number of carbonyl (C=O) groups is 1. The van der Waals surface area contributed by atoms with Gasteiger partial charge in [0.15, 0.2) is 0 Å². The predicted octanol–water partition coefficient (Wildman–Crippen LogP) is 4.22. The van der Waals surface area contributed by atoms with Gasteiger partial charge in [-0.05, 0) is 56.5 Å². The molecule has 0 unspecified atom stereocenters. The highest BCUT2D eigenvalue weighted by Crippen LogP contribution is 2.25. The van der Waals surface area contributed by atoms with Crippen LogP contribution in [0.15, 0.2) is 42.6 Å². The smallest absolute Gasteiger partial charge is 0.270 e. The molecule has 126 valence electrons. The first-order valence-corrected chi connectivity index (χ1v) is 8.78. The van der Waals surface area contributed by atoms with Crippen molar-refractivity contribution >= 4 is 17.3 Å². The van der Waals surface area contributed by atoms with Gasteiger partial charge in [0.1, 0.15) is 5.69 Å². The molecule has 4 heteroatoms. The first kappa shape index (κ1) is 16.5. The number of anilines is 2. The third-order valence-corrected chi connectivity index (χ3v) is 4.61. The van der Waals surface area contributed by atoms with Gasteiger partial charge < -0.3 is 10.2 Å². The van der Waals surface area contributed by atoms with Gasteiger partial charge in [0.25, 0.3) is 5.91 Å². The second-order valence-corrected chi connectivity index (χ2v) is 6.44. The molecular formula is C20H25N3O. The summed E-state index contributed by atoms with van der Waals surface area (Å²) in [5.74, 6) is -0.0629. The van der Waals surface area contributed by atoms with Gasteiger partial charge in [-0.25, -0.2) is 4.98 Å². The van der Waals surface area contributed by atoms with E-state index in [0.717, 1.165) is 30.8 Å². The Kier molecular flexibility index (Phi) is 5.14. The van der Waals surface area contributed by atoms with Crippen molar-refractivity contribution in [1.29, 1.82) is 0 Å². The number of nitrogens with one attached hydrogen (secondary N) is 1. The fourth-order valence-corrected chi connectivity index (χ4v) is 3.32. The zero-order valence-electron chi connectivity index (χ0n) is 14.5. The van der Waals surface area contributed by atoms with Crippen molar-refractivity contribution in [3.63, 3.8) is 0 Å². The standard InChI is InChI=1S/C20H25N3O/c1-3-23(17-10-6-7-15(2)13-17)18-11-12-19(21-14-18)20(24)22-16-8-4-5-9-16/h6-7,10-14,16H,3-5,8-9H2,1-2H3,(H,22,24). The van der Waals surface area contributed by atoms with Crippen LogP contribution in [0.3, 0.4) is 0 Å². The number of pyridine rings is 1. The fourth-order valence-electron chi connectivity index (χ4n) is 3.32. The fraction of sp³-hybridized carbons (Fsp3) is 0.400. The topological polar surface area (TPSA) is 45.2 Å². The van der Waals surface area contributed by atoms with E-state index >= 15 is 0 Å². The number of amides is 1. The number of nitrogens with zero attached hydrogens (tertiary/aromatic N) is 2. The monoisotopic (exact) mass is 323 g/mol. The van der Waals surface area contributed by atoms with Crippen molar-refractivity contribution in [3.05, 3.63) is 53.9 Å². The van der Waals surface area contributed by atoms with Crippen molar-refractivity contribution in [2.45, 2.75) is 45.6 Å². The number of rotatable bonds is 5. The van der Waals surface area contributed by atoms with Gasteiger partial charge in [0.05, 0.1) is 11.9 Å². The molecule has 3 rings (SSSR count). The van der Waals surface area contributed by atoms with Crippen molar-refractivity contribution in [2.24, 2.45) is 0 Å². The normalized spacial score (nSPS) is 14.6. The maximum absolute atomic E-state index is 12.3. The summed E-state index contributed by atoms with van der Waals surface area (Å²) in [6.07, 6.45) is 6.37. The third kappa shape index (κ3) is 3.75. The summed E-state index contributed by atoms with van der Waals surface area (Å²) < 4.78 is 0. The van der Waals surface area contributed by atoms with Gasteiger partial charge in [-0.3, -0.25) is 4.79 Å². The second kappa shape index (κ2) is 7.47. The Morgan fingerprint density at radius 1 is 1.21 bits per heavy atom. The summed E-state index contributed by atoms with van der Waals surface area (Å²) in [6.45, 7) is 5.05. The van der Waals surface area contributed by atoms with Crippen LogP contribution in [0.4, 0.5) is 11.4 Å². The molecule has 2 aromatic rings. The Morgan fingerprint density at radius 3 is 2.62 bits per heavy atom. The lowest BCUT2D eigenvalue weighted by molar-refractivity contribution is 0.0933. The number of aromatic nitrogens is 1. The first-order valence-electron chi connectivity index (χ1n) is 8.78. The molecule has 0 atom stereocenters. The van der Waals surface area contributed by atoms with E-state index in [1.165, 1.54) is 18.4 Å². The molecule has 1 fully saturated rings. The van der Waals surface area contributed by atoms with E-state index in [0.29, 0.717) is 11.7 Å². The van der Waals surface area contributed by atoms with E-state index in [1.807, 2.05) is 12.1 Å². The van der Waals surface area contributed by atoms with Gasteiger partial charge in [-0.2, -0.15) is 0 Å². The Bertz CT molecular complexity index is 690.